The number of piperidine rings is 1. The van der Waals surface area contributed by atoms with Crippen LogP contribution in [0.25, 0.3) is 0 Å². The second-order valence-electron chi connectivity index (χ2n) is 6.29. The van der Waals surface area contributed by atoms with Crippen LogP contribution in [0.15, 0.2) is 4.99 Å². The van der Waals surface area contributed by atoms with Gasteiger partial charge in [-0.15, -0.1) is 0 Å². The van der Waals surface area contributed by atoms with E-state index in [1.807, 2.05) is 0 Å². The quantitative estimate of drug-likeness (QED) is 0.428. The topological polar surface area (TPSA) is 39.7 Å². The summed E-state index contributed by atoms with van der Waals surface area (Å²) in [4.78, 5) is 7.24. The van der Waals surface area contributed by atoms with E-state index in [0.717, 1.165) is 25.0 Å². The molecule has 0 spiro atoms. The van der Waals surface area contributed by atoms with Crippen molar-refractivity contribution in [1.29, 1.82) is 0 Å². The van der Waals surface area contributed by atoms with Crippen molar-refractivity contribution >= 4 is 5.96 Å². The van der Waals surface area contributed by atoms with E-state index in [0.29, 0.717) is 6.04 Å². The molecular weight excluding hydrogens is 248 g/mol. The van der Waals surface area contributed by atoms with Crippen molar-refractivity contribution in [3.8, 4) is 0 Å². The third-order valence-corrected chi connectivity index (χ3v) is 3.80. The van der Waals surface area contributed by atoms with Crippen molar-refractivity contribution in [2.24, 2.45) is 10.9 Å². The first-order chi connectivity index (χ1) is 9.61. The molecule has 0 amide bonds. The van der Waals surface area contributed by atoms with Gasteiger partial charge in [-0.2, -0.15) is 0 Å². The molecule has 4 nitrogen and oxygen atoms in total. The number of unbranched alkanes of at least 4 members (excludes halogenated alkanes) is 1. The van der Waals surface area contributed by atoms with E-state index < -0.39 is 0 Å². The predicted molar refractivity (Wildman–Crippen MR) is 88.3 cm³/mol. The summed E-state index contributed by atoms with van der Waals surface area (Å²) >= 11 is 0. The molecule has 0 saturated carbocycles. The van der Waals surface area contributed by atoms with Gasteiger partial charge in [-0.05, 0) is 72.0 Å². The lowest BCUT2D eigenvalue weighted by molar-refractivity contribution is 0.190. The first kappa shape index (κ1) is 17.3. The van der Waals surface area contributed by atoms with E-state index in [1.165, 1.54) is 45.3 Å². The Kier molecular flexibility index (Phi) is 8.67. The van der Waals surface area contributed by atoms with Gasteiger partial charge in [-0.1, -0.05) is 6.92 Å². The van der Waals surface area contributed by atoms with Crippen LogP contribution < -0.4 is 10.6 Å². The molecule has 1 saturated heterocycles. The van der Waals surface area contributed by atoms with Gasteiger partial charge in [0.1, 0.15) is 0 Å². The van der Waals surface area contributed by atoms with E-state index in [1.54, 1.807) is 0 Å². The smallest absolute Gasteiger partial charge is 0.191 e. The molecule has 1 heterocycles. The molecule has 118 valence electrons. The lowest BCUT2D eigenvalue weighted by Crippen LogP contribution is -2.41. The van der Waals surface area contributed by atoms with E-state index in [9.17, 15) is 0 Å². The van der Waals surface area contributed by atoms with Crippen LogP contribution >= 0.6 is 0 Å². The number of nitrogens with zero attached hydrogens (tertiary/aromatic N) is 2. The molecule has 0 unspecified atom stereocenters. The van der Waals surface area contributed by atoms with Gasteiger partial charge in [0.2, 0.25) is 0 Å². The van der Waals surface area contributed by atoms with Crippen molar-refractivity contribution in [2.45, 2.75) is 59.4 Å². The first-order valence-electron chi connectivity index (χ1n) is 8.39. The number of guanidine groups is 1. The van der Waals surface area contributed by atoms with Gasteiger partial charge in [0.15, 0.2) is 5.96 Å². The fourth-order valence-electron chi connectivity index (χ4n) is 2.52. The molecule has 4 heteroatoms. The maximum atomic E-state index is 4.62. The summed E-state index contributed by atoms with van der Waals surface area (Å²) in [6.07, 6.45) is 5.20. The van der Waals surface area contributed by atoms with Crippen molar-refractivity contribution in [3.63, 3.8) is 0 Å². The van der Waals surface area contributed by atoms with E-state index in [-0.39, 0.29) is 0 Å². The Morgan fingerprint density at radius 3 is 2.55 bits per heavy atom. The van der Waals surface area contributed by atoms with E-state index in [2.05, 4.69) is 48.2 Å². The molecule has 0 aliphatic carbocycles. The fourth-order valence-corrected chi connectivity index (χ4v) is 2.52. The van der Waals surface area contributed by atoms with Gasteiger partial charge in [0, 0.05) is 19.1 Å². The lowest BCUT2D eigenvalue weighted by Gasteiger charge is -2.30. The Morgan fingerprint density at radius 2 is 1.95 bits per heavy atom. The molecule has 0 aromatic carbocycles. The summed E-state index contributed by atoms with van der Waals surface area (Å²) in [5, 5.41) is 6.64. The van der Waals surface area contributed by atoms with Gasteiger partial charge in [-0.3, -0.25) is 4.99 Å². The number of likely N-dealkylation sites (tertiary alicyclic amines) is 1. The molecule has 20 heavy (non-hydrogen) atoms. The van der Waals surface area contributed by atoms with Crippen molar-refractivity contribution in [3.05, 3.63) is 0 Å². The molecule has 0 aromatic heterocycles. The summed E-state index contributed by atoms with van der Waals surface area (Å²) in [6.45, 7) is 14.4. The molecular formula is C16H34N4. The molecule has 0 atom stereocenters. The van der Waals surface area contributed by atoms with Crippen LogP contribution in [0.1, 0.15) is 53.4 Å². The number of rotatable bonds is 7. The minimum absolute atomic E-state index is 0.433. The van der Waals surface area contributed by atoms with Crippen LogP contribution in [0.2, 0.25) is 0 Å². The average molecular weight is 282 g/mol. The van der Waals surface area contributed by atoms with Gasteiger partial charge in [-0.25, -0.2) is 0 Å². The second-order valence-corrected chi connectivity index (χ2v) is 6.29. The minimum atomic E-state index is 0.433. The number of hydrogen-bond acceptors (Lipinski definition) is 2. The van der Waals surface area contributed by atoms with Crippen molar-refractivity contribution in [1.82, 2.24) is 15.5 Å². The number of hydrogen-bond donors (Lipinski definition) is 2. The van der Waals surface area contributed by atoms with E-state index in [4.69, 9.17) is 0 Å². The molecule has 0 radical (unpaired) electrons. The van der Waals surface area contributed by atoms with Crippen LogP contribution in [0, 0.1) is 5.92 Å². The van der Waals surface area contributed by atoms with Gasteiger partial charge >= 0.3 is 0 Å². The second kappa shape index (κ2) is 10.0. The SMILES string of the molecule is CCNC(=NCCCCN1CCC(C)CC1)NC(C)C. The molecule has 0 aromatic rings. The minimum Gasteiger partial charge on any atom is -0.357 e. The Hall–Kier alpha value is -0.770. The Balaban J connectivity index is 2.12. The third kappa shape index (κ3) is 7.73. The summed E-state index contributed by atoms with van der Waals surface area (Å²) in [7, 11) is 0. The molecule has 1 rings (SSSR count). The highest BCUT2D eigenvalue weighted by molar-refractivity contribution is 5.79. The first-order valence-corrected chi connectivity index (χ1v) is 8.39. The molecule has 0 bridgehead atoms. The van der Waals surface area contributed by atoms with Gasteiger partial charge < -0.3 is 15.5 Å². The molecule has 1 fully saturated rings. The van der Waals surface area contributed by atoms with Crippen LogP contribution in [0.5, 0.6) is 0 Å². The Morgan fingerprint density at radius 1 is 1.25 bits per heavy atom. The molecule has 1 aliphatic rings. The maximum absolute atomic E-state index is 4.62. The average Bonchev–Trinajstić information content (AvgIpc) is 2.40. The van der Waals surface area contributed by atoms with Crippen LogP contribution in [0.3, 0.4) is 0 Å². The summed E-state index contributed by atoms with van der Waals surface area (Å²) in [6, 6.07) is 0.433. The van der Waals surface area contributed by atoms with Gasteiger partial charge in [0.25, 0.3) is 0 Å². The zero-order chi connectivity index (χ0) is 14.8. The largest absolute Gasteiger partial charge is 0.357 e. The van der Waals surface area contributed by atoms with Crippen molar-refractivity contribution in [2.75, 3.05) is 32.7 Å². The highest BCUT2D eigenvalue weighted by Gasteiger charge is 2.14. The fraction of sp³-hybridized carbons (Fsp3) is 0.938. The predicted octanol–water partition coefficient (Wildman–Crippen LogP) is 2.46. The monoisotopic (exact) mass is 282 g/mol. The standard InChI is InChI=1S/C16H34N4/c1-5-17-16(19-14(2)3)18-10-6-7-11-20-12-8-15(4)9-13-20/h14-15H,5-13H2,1-4H3,(H2,17,18,19). The molecule has 1 aliphatic heterocycles. The van der Waals surface area contributed by atoms with E-state index >= 15 is 0 Å². The van der Waals surface area contributed by atoms with Gasteiger partial charge in [0.05, 0.1) is 0 Å². The van der Waals surface area contributed by atoms with Crippen molar-refractivity contribution < 1.29 is 0 Å². The molecule has 2 N–H and O–H groups in total. The highest BCUT2D eigenvalue weighted by atomic mass is 15.2. The van der Waals surface area contributed by atoms with Crippen LogP contribution in [-0.4, -0.2) is 49.6 Å². The Bertz CT molecular complexity index is 268. The highest BCUT2D eigenvalue weighted by Crippen LogP contribution is 2.16. The summed E-state index contributed by atoms with van der Waals surface area (Å²) in [5.41, 5.74) is 0. The number of nitrogens with one attached hydrogen (secondary N) is 2. The van der Waals surface area contributed by atoms with Crippen LogP contribution in [0.4, 0.5) is 0 Å². The summed E-state index contributed by atoms with van der Waals surface area (Å²) in [5.74, 6) is 1.88. The third-order valence-electron chi connectivity index (χ3n) is 3.80. The Labute approximate surface area is 125 Å². The summed E-state index contributed by atoms with van der Waals surface area (Å²) < 4.78 is 0. The lowest BCUT2D eigenvalue weighted by atomic mass is 9.99. The zero-order valence-corrected chi connectivity index (χ0v) is 13.9. The normalized spacial score (nSPS) is 18.6. The number of aliphatic imine (C=N–C) groups is 1. The van der Waals surface area contributed by atoms with Crippen LogP contribution in [-0.2, 0) is 0 Å². The zero-order valence-electron chi connectivity index (χ0n) is 13.9. The maximum Gasteiger partial charge on any atom is 0.191 e.